The first-order valence-electron chi connectivity index (χ1n) is 15.6. The molecule has 0 saturated carbocycles. The molecular weight excluding hydrogens is 646 g/mol. The smallest absolute Gasteiger partial charge is 0.288 e. The van der Waals surface area contributed by atoms with Crippen molar-refractivity contribution < 1.29 is 14.4 Å². The number of H-pyrrole nitrogens is 1. The van der Waals surface area contributed by atoms with Crippen LogP contribution in [0.15, 0.2) is 52.1 Å². The number of nitrogen functional groups attached to an aromatic ring is 1. The highest BCUT2D eigenvalue weighted by Crippen LogP contribution is 2.34. The van der Waals surface area contributed by atoms with E-state index in [4.69, 9.17) is 11.5 Å². The normalized spacial score (nSPS) is 15.2. The van der Waals surface area contributed by atoms with Crippen LogP contribution in [-0.2, 0) is 25.9 Å². The van der Waals surface area contributed by atoms with E-state index in [9.17, 15) is 24.0 Å². The summed E-state index contributed by atoms with van der Waals surface area (Å²) < 4.78 is 1.08. The lowest BCUT2D eigenvalue weighted by Gasteiger charge is -2.32. The minimum atomic E-state index is -0.923. The lowest BCUT2D eigenvalue weighted by Crippen LogP contribution is -2.44. The average Bonchev–Trinajstić information content (AvgIpc) is 3.90. The zero-order valence-corrected chi connectivity index (χ0v) is 26.1. The summed E-state index contributed by atoms with van der Waals surface area (Å²) in [6, 6.07) is 12.4. The molecule has 1 aliphatic carbocycles. The molecule has 250 valence electrons. The lowest BCUT2D eigenvalue weighted by molar-refractivity contribution is 0.0926. The summed E-state index contributed by atoms with van der Waals surface area (Å²) in [5.74, 6) is -2.13. The van der Waals surface area contributed by atoms with Gasteiger partial charge in [0.25, 0.3) is 34.4 Å². The van der Waals surface area contributed by atoms with Gasteiger partial charge in [-0.25, -0.2) is 4.98 Å². The predicted molar refractivity (Wildman–Crippen MR) is 176 cm³/mol. The fourth-order valence-electron chi connectivity index (χ4n) is 6.57. The van der Waals surface area contributed by atoms with E-state index in [1.54, 1.807) is 4.90 Å². The number of tetrazole rings is 1. The van der Waals surface area contributed by atoms with Crippen molar-refractivity contribution in [2.45, 2.75) is 38.4 Å². The van der Waals surface area contributed by atoms with Crippen molar-refractivity contribution in [3.63, 3.8) is 0 Å². The van der Waals surface area contributed by atoms with Crippen LogP contribution in [0.3, 0.4) is 0 Å². The summed E-state index contributed by atoms with van der Waals surface area (Å²) in [4.78, 5) is 72.9. The van der Waals surface area contributed by atoms with Crippen LogP contribution in [-0.4, -0.2) is 64.5 Å². The summed E-state index contributed by atoms with van der Waals surface area (Å²) in [5.41, 5.74) is 15.5. The molecule has 0 saturated heterocycles. The minimum Gasteiger partial charge on any atom is -0.394 e. The number of hydrogen-bond donors (Lipinski definition) is 5. The summed E-state index contributed by atoms with van der Waals surface area (Å²) in [6.45, 7) is 1.06. The van der Waals surface area contributed by atoms with Crippen LogP contribution >= 0.6 is 0 Å². The Morgan fingerprint density at radius 2 is 1.82 bits per heavy atom. The molecule has 50 heavy (non-hydrogen) atoms. The molecule has 7 N–H and O–H groups in total. The van der Waals surface area contributed by atoms with Gasteiger partial charge in [-0.15, -0.1) is 15.3 Å². The van der Waals surface area contributed by atoms with Crippen LogP contribution in [0.1, 0.15) is 71.9 Å². The van der Waals surface area contributed by atoms with Gasteiger partial charge in [0.1, 0.15) is 22.8 Å². The second-order valence-electron chi connectivity index (χ2n) is 12.1. The highest BCUT2D eigenvalue weighted by Gasteiger charge is 2.29. The number of fused-ring (bicyclic) bond motifs is 3. The first-order chi connectivity index (χ1) is 24.1. The second-order valence-corrected chi connectivity index (χ2v) is 12.1. The maximum Gasteiger partial charge on any atom is 0.288 e. The molecule has 18 nitrogen and oxygen atoms in total. The predicted octanol–water partition coefficient (Wildman–Crippen LogP) is -0.508. The Bertz CT molecular complexity index is 2450. The monoisotopic (exact) mass is 673 g/mol. The largest absolute Gasteiger partial charge is 0.394 e. The number of amides is 3. The molecule has 8 rings (SSSR count). The van der Waals surface area contributed by atoms with Crippen molar-refractivity contribution in [2.75, 3.05) is 17.2 Å². The number of rotatable bonds is 8. The van der Waals surface area contributed by atoms with Gasteiger partial charge in [0.2, 0.25) is 11.6 Å². The molecule has 0 unspecified atom stereocenters. The molecule has 1 aliphatic heterocycles. The van der Waals surface area contributed by atoms with Crippen LogP contribution in [0.5, 0.6) is 0 Å². The maximum atomic E-state index is 13.7. The van der Waals surface area contributed by atoms with E-state index in [0.717, 1.165) is 37.9 Å². The fraction of sp³-hybridized carbons (Fsp3) is 0.219. The van der Waals surface area contributed by atoms with E-state index in [0.29, 0.717) is 38.2 Å². The van der Waals surface area contributed by atoms with E-state index >= 15 is 0 Å². The quantitative estimate of drug-likeness (QED) is 0.128. The topological polar surface area (TPSA) is 262 Å². The molecule has 3 amide bonds. The van der Waals surface area contributed by atoms with E-state index in [1.165, 1.54) is 6.07 Å². The fourth-order valence-corrected chi connectivity index (χ4v) is 6.57. The molecule has 0 fully saturated rings. The molecule has 18 heteroatoms. The van der Waals surface area contributed by atoms with E-state index in [2.05, 4.69) is 46.3 Å². The van der Waals surface area contributed by atoms with Gasteiger partial charge >= 0.3 is 0 Å². The number of benzene rings is 2. The Morgan fingerprint density at radius 1 is 0.960 bits per heavy atom. The first-order valence-corrected chi connectivity index (χ1v) is 15.6. The van der Waals surface area contributed by atoms with Gasteiger partial charge in [-0.3, -0.25) is 24.0 Å². The van der Waals surface area contributed by atoms with Gasteiger partial charge in [-0.05, 0) is 58.4 Å². The van der Waals surface area contributed by atoms with Crippen LogP contribution in [0, 0.1) is 0 Å². The van der Waals surface area contributed by atoms with Gasteiger partial charge in [0.05, 0.1) is 6.04 Å². The number of aryl methyl sites for hydroxylation is 1. The van der Waals surface area contributed by atoms with Crippen molar-refractivity contribution in [2.24, 2.45) is 5.73 Å². The van der Waals surface area contributed by atoms with Crippen molar-refractivity contribution >= 4 is 34.9 Å². The number of anilines is 2. The Labute approximate surface area is 280 Å². The van der Waals surface area contributed by atoms with E-state index in [1.807, 2.05) is 36.4 Å². The highest BCUT2D eigenvalue weighted by molar-refractivity contribution is 5.98. The first kappa shape index (κ1) is 30.5. The second kappa shape index (κ2) is 11.7. The molecule has 1 atom stereocenters. The van der Waals surface area contributed by atoms with Gasteiger partial charge in [0.15, 0.2) is 0 Å². The van der Waals surface area contributed by atoms with Crippen LogP contribution < -0.4 is 37.9 Å². The molecule has 0 radical (unpaired) electrons. The Morgan fingerprint density at radius 3 is 2.60 bits per heavy atom. The van der Waals surface area contributed by atoms with Gasteiger partial charge in [0, 0.05) is 31.3 Å². The summed E-state index contributed by atoms with van der Waals surface area (Å²) in [6.07, 6.45) is 1.99. The maximum absolute atomic E-state index is 13.7. The number of aromatic amines is 1. The lowest BCUT2D eigenvalue weighted by atomic mass is 9.96. The van der Waals surface area contributed by atoms with Crippen LogP contribution in [0.4, 0.5) is 11.4 Å². The Hall–Kier alpha value is -6.85. The third-order valence-corrected chi connectivity index (χ3v) is 9.10. The summed E-state index contributed by atoms with van der Waals surface area (Å²) in [5, 5.41) is 24.0. The summed E-state index contributed by atoms with van der Waals surface area (Å²) in [7, 11) is 0. The third-order valence-electron chi connectivity index (χ3n) is 9.10. The third kappa shape index (κ3) is 5.18. The molecule has 0 spiro atoms. The summed E-state index contributed by atoms with van der Waals surface area (Å²) >= 11 is 0. The van der Waals surface area contributed by atoms with Gasteiger partial charge < -0.3 is 27.0 Å². The number of hydrogen-bond acceptors (Lipinski definition) is 13. The van der Waals surface area contributed by atoms with E-state index < -0.39 is 28.6 Å². The number of carbonyl (C=O) groups is 3. The Kier molecular flexibility index (Phi) is 7.12. The van der Waals surface area contributed by atoms with E-state index in [-0.39, 0.29) is 47.0 Å². The van der Waals surface area contributed by atoms with Gasteiger partial charge in [-0.1, -0.05) is 30.3 Å². The zero-order valence-electron chi connectivity index (χ0n) is 26.1. The Balaban J connectivity index is 1.01. The van der Waals surface area contributed by atoms with Gasteiger partial charge in [-0.2, -0.15) is 14.7 Å². The number of nitrogens with one attached hydrogen (secondary N) is 3. The molecule has 6 aromatic rings. The highest BCUT2D eigenvalue weighted by atomic mass is 16.2. The number of aromatic nitrogens is 8. The minimum absolute atomic E-state index is 0.0152. The van der Waals surface area contributed by atoms with Crippen LogP contribution in [0.2, 0.25) is 0 Å². The standard InChI is InChI=1S/C32H27N13O5/c33-23-24(26(47)25(23)46)44-8-7-15-2-1-14(9-18(15)13-44)12-35-30(49)21-11-22(45-32(37-21)38-29(41-45)27(34)48)31(50)36-20-6-4-16-10-17(3-5-19(16)20)28-39-42-43-40-28/h1-3,5,9-11,20H,4,6-8,12-13,33H2,(H2,34,48)(H,35,49)(H,36,50)(H,39,40,42,43)/t20-/m0/s1. The number of carbonyl (C=O) groups excluding carboxylic acids is 3. The van der Waals surface area contributed by atoms with Crippen molar-refractivity contribution in [1.82, 2.24) is 50.8 Å². The van der Waals surface area contributed by atoms with Crippen molar-refractivity contribution in [1.29, 1.82) is 0 Å². The average molecular weight is 674 g/mol. The number of primary amides is 1. The van der Waals surface area contributed by atoms with Crippen molar-refractivity contribution in [3.05, 3.63) is 108 Å². The number of nitrogens with two attached hydrogens (primary N) is 2. The molecule has 0 bridgehead atoms. The number of nitrogens with zero attached hydrogens (tertiary/aromatic N) is 8. The molecule has 2 aliphatic rings. The molecule has 4 heterocycles. The van der Waals surface area contributed by atoms with Crippen molar-refractivity contribution in [3.8, 4) is 11.4 Å². The molecular formula is C32H27N13O5. The molecule has 3 aromatic heterocycles. The SMILES string of the molecule is NC(=O)c1nc2nc(C(=O)NCc3ccc4c(c3)CN(c3c(N)c(=O)c3=O)CC4)cc(C(=O)N[C@H]3CCc4cc(-c5nn[nH]n5)ccc43)n2n1. The van der Waals surface area contributed by atoms with Crippen LogP contribution in [0.25, 0.3) is 17.2 Å². The molecule has 3 aromatic carbocycles. The zero-order chi connectivity index (χ0) is 34.7.